The van der Waals surface area contributed by atoms with Gasteiger partial charge in [0.2, 0.25) is 5.91 Å². The zero-order valence-electron chi connectivity index (χ0n) is 11.0. The second-order valence-electron chi connectivity index (χ2n) is 4.16. The molecule has 1 amide bonds. The molecule has 0 unspecified atom stereocenters. The van der Waals surface area contributed by atoms with Crippen molar-refractivity contribution in [3.05, 3.63) is 52.3 Å². The molecule has 1 N–H and O–H groups in total. The standard InChI is InChI=1S/C15H10BrFN2OS/c1-9(20)19-11-3-5-12(6-4-11)21-13-7-2-10(8-18)14(16)15(13)17/h2-7H,1H3,(H,19,20). The van der Waals surface area contributed by atoms with Crippen molar-refractivity contribution in [1.82, 2.24) is 0 Å². The van der Waals surface area contributed by atoms with Crippen LogP contribution >= 0.6 is 27.7 Å². The molecule has 0 aliphatic heterocycles. The van der Waals surface area contributed by atoms with Crippen molar-refractivity contribution in [2.75, 3.05) is 5.32 Å². The zero-order valence-corrected chi connectivity index (χ0v) is 13.4. The summed E-state index contributed by atoms with van der Waals surface area (Å²) in [6.07, 6.45) is 0. The van der Waals surface area contributed by atoms with Crippen molar-refractivity contribution < 1.29 is 9.18 Å². The average molecular weight is 365 g/mol. The SMILES string of the molecule is CC(=O)Nc1ccc(Sc2ccc(C#N)c(Br)c2F)cc1. The molecule has 21 heavy (non-hydrogen) atoms. The number of hydrogen-bond donors (Lipinski definition) is 1. The van der Waals surface area contributed by atoms with E-state index in [0.29, 0.717) is 10.6 Å². The summed E-state index contributed by atoms with van der Waals surface area (Å²) in [6, 6.07) is 12.1. The minimum absolute atomic E-state index is 0.141. The molecule has 2 aromatic carbocycles. The van der Waals surface area contributed by atoms with Crippen LogP contribution < -0.4 is 5.32 Å². The molecule has 0 aliphatic carbocycles. The van der Waals surface area contributed by atoms with Gasteiger partial charge in [-0.2, -0.15) is 5.26 Å². The Balaban J connectivity index is 2.21. The van der Waals surface area contributed by atoms with E-state index in [2.05, 4.69) is 21.2 Å². The van der Waals surface area contributed by atoms with Gasteiger partial charge < -0.3 is 5.32 Å². The minimum atomic E-state index is -0.454. The summed E-state index contributed by atoms with van der Waals surface area (Å²) >= 11 is 4.33. The lowest BCUT2D eigenvalue weighted by molar-refractivity contribution is -0.114. The van der Waals surface area contributed by atoms with Crippen molar-refractivity contribution in [3.63, 3.8) is 0 Å². The lowest BCUT2D eigenvalue weighted by Crippen LogP contribution is -2.05. The first kappa shape index (κ1) is 15.5. The van der Waals surface area contributed by atoms with Crippen LogP contribution in [0.25, 0.3) is 0 Å². The second-order valence-corrected chi connectivity index (χ2v) is 6.07. The Labute approximate surface area is 134 Å². The summed E-state index contributed by atoms with van der Waals surface area (Å²) in [4.78, 5) is 12.2. The van der Waals surface area contributed by atoms with Crippen LogP contribution in [0.3, 0.4) is 0 Å². The molecule has 0 radical (unpaired) electrons. The van der Waals surface area contributed by atoms with Crippen molar-refractivity contribution in [2.45, 2.75) is 16.7 Å². The fourth-order valence-corrected chi connectivity index (χ4v) is 3.05. The molecule has 0 saturated heterocycles. The second kappa shape index (κ2) is 6.74. The number of nitrogens with zero attached hydrogens (tertiary/aromatic N) is 1. The molecule has 0 heterocycles. The first-order chi connectivity index (χ1) is 10.0. The first-order valence-electron chi connectivity index (χ1n) is 5.95. The van der Waals surface area contributed by atoms with Crippen molar-refractivity contribution in [2.24, 2.45) is 0 Å². The Morgan fingerprint density at radius 2 is 1.95 bits per heavy atom. The van der Waals surface area contributed by atoms with E-state index >= 15 is 0 Å². The van der Waals surface area contributed by atoms with Gasteiger partial charge in [0.15, 0.2) is 5.82 Å². The van der Waals surface area contributed by atoms with Crippen LogP contribution in [-0.4, -0.2) is 5.91 Å². The van der Waals surface area contributed by atoms with Crippen LogP contribution in [0.5, 0.6) is 0 Å². The fourth-order valence-electron chi connectivity index (χ4n) is 1.63. The van der Waals surface area contributed by atoms with Crippen LogP contribution in [0.15, 0.2) is 50.7 Å². The first-order valence-corrected chi connectivity index (χ1v) is 7.56. The highest BCUT2D eigenvalue weighted by Crippen LogP contribution is 2.34. The number of amides is 1. The lowest BCUT2D eigenvalue weighted by atomic mass is 10.2. The van der Waals surface area contributed by atoms with Crippen molar-refractivity contribution in [3.8, 4) is 6.07 Å². The normalized spacial score (nSPS) is 10.0. The number of rotatable bonds is 3. The largest absolute Gasteiger partial charge is 0.326 e. The molecular formula is C15H10BrFN2OS. The Kier molecular flexibility index (Phi) is 4.99. The number of carbonyl (C=O) groups is 1. The molecule has 6 heteroatoms. The predicted molar refractivity (Wildman–Crippen MR) is 83.7 cm³/mol. The molecule has 106 valence electrons. The van der Waals surface area contributed by atoms with Gasteiger partial charge >= 0.3 is 0 Å². The Morgan fingerprint density at radius 3 is 2.52 bits per heavy atom. The molecule has 0 fully saturated rings. The lowest BCUT2D eigenvalue weighted by Gasteiger charge is -2.07. The fraction of sp³-hybridized carbons (Fsp3) is 0.0667. The third-order valence-electron chi connectivity index (χ3n) is 2.57. The zero-order chi connectivity index (χ0) is 15.4. The van der Waals surface area contributed by atoms with Crippen LogP contribution in [0.4, 0.5) is 10.1 Å². The summed E-state index contributed by atoms with van der Waals surface area (Å²) in [5.74, 6) is -0.595. The maximum absolute atomic E-state index is 14.1. The molecule has 0 spiro atoms. The molecule has 0 saturated carbocycles. The summed E-state index contributed by atoms with van der Waals surface area (Å²) in [5.41, 5.74) is 0.950. The maximum Gasteiger partial charge on any atom is 0.221 e. The number of carbonyl (C=O) groups excluding carboxylic acids is 1. The summed E-state index contributed by atoms with van der Waals surface area (Å²) < 4.78 is 14.3. The van der Waals surface area contributed by atoms with Gasteiger partial charge in [0, 0.05) is 22.4 Å². The molecule has 3 nitrogen and oxygen atoms in total. The van der Waals surface area contributed by atoms with Crippen LogP contribution in [0.2, 0.25) is 0 Å². The Hall–Kier alpha value is -1.84. The van der Waals surface area contributed by atoms with Crippen LogP contribution in [0, 0.1) is 17.1 Å². The molecular weight excluding hydrogens is 355 g/mol. The summed E-state index contributed by atoms with van der Waals surface area (Å²) in [5, 5.41) is 11.5. The van der Waals surface area contributed by atoms with E-state index in [1.165, 1.54) is 18.7 Å². The number of benzene rings is 2. The molecule has 0 atom stereocenters. The molecule has 2 aromatic rings. The van der Waals surface area contributed by atoms with E-state index in [9.17, 15) is 9.18 Å². The Morgan fingerprint density at radius 1 is 1.29 bits per heavy atom. The summed E-state index contributed by atoms with van der Waals surface area (Å²) in [7, 11) is 0. The third-order valence-corrected chi connectivity index (χ3v) is 4.39. The smallest absolute Gasteiger partial charge is 0.221 e. The van der Waals surface area contributed by atoms with E-state index in [0.717, 1.165) is 4.90 Å². The number of hydrogen-bond acceptors (Lipinski definition) is 3. The van der Waals surface area contributed by atoms with Gasteiger partial charge in [-0.25, -0.2) is 4.39 Å². The van der Waals surface area contributed by atoms with E-state index in [1.54, 1.807) is 36.4 Å². The van der Waals surface area contributed by atoms with Gasteiger partial charge in [-0.15, -0.1) is 0 Å². The monoisotopic (exact) mass is 364 g/mol. The van der Waals surface area contributed by atoms with Gasteiger partial charge in [0.05, 0.1) is 10.0 Å². The molecule has 0 bridgehead atoms. The van der Waals surface area contributed by atoms with Gasteiger partial charge in [0.25, 0.3) is 0 Å². The number of nitrogens with one attached hydrogen (secondary N) is 1. The highest BCUT2D eigenvalue weighted by Gasteiger charge is 2.12. The highest BCUT2D eigenvalue weighted by atomic mass is 79.9. The van der Waals surface area contributed by atoms with Crippen molar-refractivity contribution in [1.29, 1.82) is 5.26 Å². The van der Waals surface area contributed by atoms with Gasteiger partial charge in [-0.05, 0) is 52.3 Å². The van der Waals surface area contributed by atoms with E-state index in [-0.39, 0.29) is 15.9 Å². The van der Waals surface area contributed by atoms with Crippen molar-refractivity contribution >= 4 is 39.3 Å². The quantitative estimate of drug-likeness (QED) is 0.867. The van der Waals surface area contributed by atoms with Gasteiger partial charge in [-0.3, -0.25) is 4.79 Å². The molecule has 0 aliphatic rings. The van der Waals surface area contributed by atoms with E-state index < -0.39 is 5.82 Å². The van der Waals surface area contributed by atoms with E-state index in [1.807, 2.05) is 6.07 Å². The van der Waals surface area contributed by atoms with Gasteiger partial charge in [0.1, 0.15) is 6.07 Å². The number of halogens is 2. The number of nitriles is 1. The Bertz CT molecular complexity index is 726. The van der Waals surface area contributed by atoms with Crippen LogP contribution in [-0.2, 0) is 4.79 Å². The average Bonchev–Trinajstić information content (AvgIpc) is 2.45. The maximum atomic E-state index is 14.1. The molecule has 2 rings (SSSR count). The predicted octanol–water partition coefficient (Wildman–Crippen LogP) is 4.57. The van der Waals surface area contributed by atoms with Gasteiger partial charge in [-0.1, -0.05) is 11.8 Å². The highest BCUT2D eigenvalue weighted by molar-refractivity contribution is 9.10. The topological polar surface area (TPSA) is 52.9 Å². The minimum Gasteiger partial charge on any atom is -0.326 e. The van der Waals surface area contributed by atoms with E-state index in [4.69, 9.17) is 5.26 Å². The number of anilines is 1. The molecule has 0 aromatic heterocycles. The van der Waals surface area contributed by atoms with Crippen LogP contribution in [0.1, 0.15) is 12.5 Å². The third kappa shape index (κ3) is 3.84. The summed E-state index contributed by atoms with van der Waals surface area (Å²) in [6.45, 7) is 1.44.